The highest BCUT2D eigenvalue weighted by Gasteiger charge is 2.06. The van der Waals surface area contributed by atoms with Crippen LogP contribution in [0.1, 0.15) is 6.42 Å². The van der Waals surface area contributed by atoms with Gasteiger partial charge in [0.2, 0.25) is 0 Å². The monoisotopic (exact) mass is 197 g/mol. The summed E-state index contributed by atoms with van der Waals surface area (Å²) in [4.78, 5) is 0. The summed E-state index contributed by atoms with van der Waals surface area (Å²) in [6.45, 7) is 0.414. The molecular formula is C8H17F2NO2. The van der Waals surface area contributed by atoms with Gasteiger partial charge in [-0.15, -0.1) is 0 Å². The quantitative estimate of drug-likeness (QED) is 0.586. The summed E-state index contributed by atoms with van der Waals surface area (Å²) in [7, 11) is 3.40. The van der Waals surface area contributed by atoms with Crippen LogP contribution in [0.3, 0.4) is 0 Å². The summed E-state index contributed by atoms with van der Waals surface area (Å²) in [5.74, 6) is 0. The van der Waals surface area contributed by atoms with Gasteiger partial charge in [-0.1, -0.05) is 0 Å². The van der Waals surface area contributed by atoms with Crippen molar-refractivity contribution in [3.63, 3.8) is 0 Å². The summed E-state index contributed by atoms with van der Waals surface area (Å²) in [5, 5.41) is 3.00. The summed E-state index contributed by atoms with van der Waals surface area (Å²) in [5.41, 5.74) is 0. The van der Waals surface area contributed by atoms with Crippen LogP contribution >= 0.6 is 0 Å². The van der Waals surface area contributed by atoms with Gasteiger partial charge in [0, 0.05) is 19.8 Å². The molecule has 0 aliphatic carbocycles. The number of nitrogens with one attached hydrogen (secondary N) is 1. The number of hydrogen-bond donors (Lipinski definition) is 1. The zero-order chi connectivity index (χ0) is 10.1. The van der Waals surface area contributed by atoms with E-state index >= 15 is 0 Å². The Labute approximate surface area is 77.4 Å². The Hall–Kier alpha value is -0.260. The molecule has 1 N–H and O–H groups in total. The molecule has 0 aliphatic heterocycles. The zero-order valence-corrected chi connectivity index (χ0v) is 8.06. The van der Waals surface area contributed by atoms with Crippen LogP contribution < -0.4 is 5.32 Å². The molecule has 1 atom stereocenters. The van der Waals surface area contributed by atoms with Gasteiger partial charge in [-0.3, -0.25) is 0 Å². The van der Waals surface area contributed by atoms with Crippen molar-refractivity contribution in [1.82, 2.24) is 5.32 Å². The van der Waals surface area contributed by atoms with Gasteiger partial charge in [0.05, 0.1) is 6.61 Å². The number of halogens is 2. The lowest BCUT2D eigenvalue weighted by Crippen LogP contribution is -2.31. The van der Waals surface area contributed by atoms with Crippen molar-refractivity contribution < 1.29 is 18.3 Å². The third-order valence-electron chi connectivity index (χ3n) is 1.63. The van der Waals surface area contributed by atoms with E-state index in [1.807, 2.05) is 0 Å². The highest BCUT2D eigenvalue weighted by atomic mass is 19.3. The Morgan fingerprint density at radius 2 is 2.00 bits per heavy atom. The Kier molecular flexibility index (Phi) is 8.18. The van der Waals surface area contributed by atoms with Crippen LogP contribution in [0.2, 0.25) is 0 Å². The molecule has 0 bridgehead atoms. The highest BCUT2D eigenvalue weighted by molar-refractivity contribution is 4.62. The molecule has 0 spiro atoms. The maximum absolute atomic E-state index is 11.6. The number of alkyl halides is 2. The summed E-state index contributed by atoms with van der Waals surface area (Å²) < 4.78 is 32.9. The maximum Gasteiger partial charge on any atom is 0.261 e. The van der Waals surface area contributed by atoms with Crippen molar-refractivity contribution in [3.05, 3.63) is 0 Å². The summed E-state index contributed by atoms with van der Waals surface area (Å²) in [6.07, 6.45) is -1.70. The average Bonchev–Trinajstić information content (AvgIpc) is 2.10. The van der Waals surface area contributed by atoms with Gasteiger partial charge in [0.1, 0.15) is 6.61 Å². The Balaban J connectivity index is 3.27. The minimum Gasteiger partial charge on any atom is -0.383 e. The van der Waals surface area contributed by atoms with Crippen molar-refractivity contribution in [3.8, 4) is 0 Å². The molecule has 0 saturated carbocycles. The number of hydrogen-bond acceptors (Lipinski definition) is 3. The lowest BCUT2D eigenvalue weighted by Gasteiger charge is -2.14. The molecule has 0 amide bonds. The molecule has 3 nitrogen and oxygen atoms in total. The van der Waals surface area contributed by atoms with Gasteiger partial charge in [0.25, 0.3) is 6.43 Å². The molecule has 0 aromatic rings. The van der Waals surface area contributed by atoms with Crippen LogP contribution in [0, 0.1) is 0 Å². The van der Waals surface area contributed by atoms with E-state index in [9.17, 15) is 8.78 Å². The fourth-order valence-corrected chi connectivity index (χ4v) is 0.910. The van der Waals surface area contributed by atoms with E-state index in [0.29, 0.717) is 19.6 Å². The van der Waals surface area contributed by atoms with Crippen molar-refractivity contribution >= 4 is 0 Å². The second-order valence-corrected chi connectivity index (χ2v) is 2.70. The van der Waals surface area contributed by atoms with Crippen molar-refractivity contribution in [2.45, 2.75) is 18.9 Å². The number of ether oxygens (including phenoxy) is 2. The third kappa shape index (κ3) is 8.08. The Morgan fingerprint density at radius 3 is 2.46 bits per heavy atom. The lowest BCUT2D eigenvalue weighted by atomic mass is 10.2. The molecule has 13 heavy (non-hydrogen) atoms. The van der Waals surface area contributed by atoms with Gasteiger partial charge >= 0.3 is 0 Å². The molecule has 0 aliphatic rings. The molecule has 0 aromatic carbocycles. The summed E-state index contributed by atoms with van der Waals surface area (Å²) in [6, 6.07) is 0.169. The van der Waals surface area contributed by atoms with Gasteiger partial charge in [-0.25, -0.2) is 8.78 Å². The number of methoxy groups -OCH3 is 1. The molecule has 0 radical (unpaired) electrons. The Bertz CT molecular complexity index is 114. The van der Waals surface area contributed by atoms with E-state index in [1.54, 1.807) is 14.2 Å². The predicted octanol–water partition coefficient (Wildman–Crippen LogP) is 0.893. The maximum atomic E-state index is 11.6. The standard InChI is InChI=1S/C8H17F2NO2/c1-11-7(5-12-2)3-4-13-6-8(9)10/h7-8,11H,3-6H2,1-2H3. The van der Waals surface area contributed by atoms with Crippen LogP contribution in [0.5, 0.6) is 0 Å². The molecule has 80 valence electrons. The minimum atomic E-state index is -2.38. The second-order valence-electron chi connectivity index (χ2n) is 2.70. The fraction of sp³-hybridized carbons (Fsp3) is 1.00. The first-order valence-electron chi connectivity index (χ1n) is 4.22. The largest absolute Gasteiger partial charge is 0.383 e. The Morgan fingerprint density at radius 1 is 1.31 bits per heavy atom. The molecule has 0 fully saturated rings. The second kappa shape index (κ2) is 8.34. The van der Waals surface area contributed by atoms with Crippen molar-refractivity contribution in [1.29, 1.82) is 0 Å². The molecule has 0 aromatic heterocycles. The van der Waals surface area contributed by atoms with Gasteiger partial charge < -0.3 is 14.8 Å². The van der Waals surface area contributed by atoms with E-state index in [4.69, 9.17) is 9.47 Å². The van der Waals surface area contributed by atoms with E-state index in [0.717, 1.165) is 0 Å². The molecular weight excluding hydrogens is 180 g/mol. The van der Waals surface area contributed by atoms with Crippen LogP contribution in [0.4, 0.5) is 8.78 Å². The molecule has 0 rings (SSSR count). The number of rotatable bonds is 8. The molecule has 0 heterocycles. The first-order chi connectivity index (χ1) is 6.20. The third-order valence-corrected chi connectivity index (χ3v) is 1.63. The predicted molar refractivity (Wildman–Crippen MR) is 46.2 cm³/mol. The van der Waals surface area contributed by atoms with Crippen LogP contribution in [-0.4, -0.2) is 46.4 Å². The van der Waals surface area contributed by atoms with Crippen LogP contribution in [-0.2, 0) is 9.47 Å². The minimum absolute atomic E-state index is 0.169. The lowest BCUT2D eigenvalue weighted by molar-refractivity contribution is 0.0121. The van der Waals surface area contributed by atoms with Crippen LogP contribution in [0.25, 0.3) is 0 Å². The molecule has 0 saturated heterocycles. The van der Waals surface area contributed by atoms with Gasteiger partial charge in [-0.2, -0.15) is 0 Å². The average molecular weight is 197 g/mol. The van der Waals surface area contributed by atoms with Crippen molar-refractivity contribution in [2.24, 2.45) is 0 Å². The van der Waals surface area contributed by atoms with E-state index in [2.05, 4.69) is 5.32 Å². The zero-order valence-electron chi connectivity index (χ0n) is 8.06. The van der Waals surface area contributed by atoms with Gasteiger partial charge in [0.15, 0.2) is 0 Å². The van der Waals surface area contributed by atoms with E-state index < -0.39 is 13.0 Å². The smallest absolute Gasteiger partial charge is 0.261 e. The van der Waals surface area contributed by atoms with E-state index in [1.165, 1.54) is 0 Å². The topological polar surface area (TPSA) is 30.5 Å². The van der Waals surface area contributed by atoms with Crippen molar-refractivity contribution in [2.75, 3.05) is 34.0 Å². The normalized spacial score (nSPS) is 13.6. The SMILES string of the molecule is CNC(CCOCC(F)F)COC. The highest BCUT2D eigenvalue weighted by Crippen LogP contribution is 1.96. The first kappa shape index (κ1) is 12.7. The van der Waals surface area contributed by atoms with Crippen LogP contribution in [0.15, 0.2) is 0 Å². The number of likely N-dealkylation sites (N-methyl/N-ethyl adjacent to an activating group) is 1. The van der Waals surface area contributed by atoms with E-state index in [-0.39, 0.29) is 6.04 Å². The first-order valence-corrected chi connectivity index (χ1v) is 4.22. The fourth-order valence-electron chi connectivity index (χ4n) is 0.910. The molecule has 1 unspecified atom stereocenters. The molecule has 5 heteroatoms. The van der Waals surface area contributed by atoms with Gasteiger partial charge in [-0.05, 0) is 13.5 Å². The summed E-state index contributed by atoms with van der Waals surface area (Å²) >= 11 is 0.